The molecule has 3 aromatic carbocycles. The molecule has 3 rings (SSSR count). The van der Waals surface area contributed by atoms with Crippen LogP contribution in [0.2, 0.25) is 5.02 Å². The van der Waals surface area contributed by atoms with E-state index in [9.17, 15) is 13.2 Å². The van der Waals surface area contributed by atoms with Crippen molar-refractivity contribution < 1.29 is 17.9 Å². The van der Waals surface area contributed by atoms with Crippen LogP contribution in [0.15, 0.2) is 77.7 Å². The molecule has 1 N–H and O–H groups in total. The number of methoxy groups -OCH3 is 1. The molecule has 0 heterocycles. The zero-order valence-electron chi connectivity index (χ0n) is 17.4. The van der Waals surface area contributed by atoms with Gasteiger partial charge in [-0.25, -0.2) is 8.42 Å². The highest BCUT2D eigenvalue weighted by Crippen LogP contribution is 2.31. The predicted octanol–water partition coefficient (Wildman–Crippen LogP) is 4.66. The second-order valence-electron chi connectivity index (χ2n) is 6.92. The predicted molar refractivity (Wildman–Crippen MR) is 122 cm³/mol. The lowest BCUT2D eigenvalue weighted by Gasteiger charge is -2.21. The second kappa shape index (κ2) is 9.41. The number of nitrogens with one attached hydrogen (secondary N) is 1. The number of anilines is 1. The van der Waals surface area contributed by atoms with Crippen molar-refractivity contribution in [2.45, 2.75) is 17.9 Å². The van der Waals surface area contributed by atoms with E-state index in [1.807, 2.05) is 19.1 Å². The van der Waals surface area contributed by atoms with Crippen LogP contribution in [-0.2, 0) is 10.0 Å². The Kier molecular flexibility index (Phi) is 6.87. The Hall–Kier alpha value is -3.03. The van der Waals surface area contributed by atoms with Crippen molar-refractivity contribution >= 4 is 33.2 Å². The molecule has 0 fully saturated rings. The van der Waals surface area contributed by atoms with Crippen LogP contribution in [0.5, 0.6) is 5.75 Å². The zero-order valence-corrected chi connectivity index (χ0v) is 18.9. The molecule has 0 radical (unpaired) electrons. The molecule has 1 amide bonds. The molecule has 162 valence electrons. The van der Waals surface area contributed by atoms with Gasteiger partial charge in [-0.1, -0.05) is 35.9 Å². The summed E-state index contributed by atoms with van der Waals surface area (Å²) >= 11 is 6.01. The van der Waals surface area contributed by atoms with Gasteiger partial charge in [-0.05, 0) is 61.0 Å². The number of benzene rings is 3. The van der Waals surface area contributed by atoms with E-state index in [1.54, 1.807) is 36.4 Å². The standard InChI is InChI=1S/C23H23ClN2O4S/c1-16(18-7-6-8-19(24)15-18)25-23(27)17-11-13-20(14-12-17)31(28,29)26(2)21-9-4-5-10-22(21)30-3/h4-16H,1-3H3,(H,25,27). The molecule has 0 saturated heterocycles. The van der Waals surface area contributed by atoms with E-state index in [0.717, 1.165) is 9.87 Å². The van der Waals surface area contributed by atoms with Crippen LogP contribution in [0.25, 0.3) is 0 Å². The highest BCUT2D eigenvalue weighted by Gasteiger charge is 2.24. The molecule has 0 bridgehead atoms. The summed E-state index contributed by atoms with van der Waals surface area (Å²) in [4.78, 5) is 12.7. The van der Waals surface area contributed by atoms with Crippen LogP contribution >= 0.6 is 11.6 Å². The molecule has 0 spiro atoms. The van der Waals surface area contributed by atoms with Gasteiger partial charge < -0.3 is 10.1 Å². The lowest BCUT2D eigenvalue weighted by molar-refractivity contribution is 0.0940. The Bertz CT molecular complexity index is 1180. The Morgan fingerprint density at radius 1 is 1.03 bits per heavy atom. The first-order valence-electron chi connectivity index (χ1n) is 9.52. The number of nitrogens with zero attached hydrogens (tertiary/aromatic N) is 1. The largest absolute Gasteiger partial charge is 0.495 e. The summed E-state index contributed by atoms with van der Waals surface area (Å²) in [5, 5.41) is 3.48. The van der Waals surface area contributed by atoms with E-state index in [4.69, 9.17) is 16.3 Å². The third-order valence-electron chi connectivity index (χ3n) is 4.90. The summed E-state index contributed by atoms with van der Waals surface area (Å²) in [5.41, 5.74) is 1.65. The molecular formula is C23H23ClN2O4S. The molecule has 6 nitrogen and oxygen atoms in total. The zero-order chi connectivity index (χ0) is 22.6. The molecule has 3 aromatic rings. The van der Waals surface area contributed by atoms with E-state index < -0.39 is 10.0 Å². The molecule has 1 unspecified atom stereocenters. The minimum Gasteiger partial charge on any atom is -0.495 e. The van der Waals surface area contributed by atoms with Gasteiger partial charge in [-0.3, -0.25) is 9.10 Å². The molecule has 31 heavy (non-hydrogen) atoms. The molecule has 1 atom stereocenters. The number of sulfonamides is 1. The molecule has 0 aromatic heterocycles. The van der Waals surface area contributed by atoms with E-state index >= 15 is 0 Å². The number of hydrogen-bond acceptors (Lipinski definition) is 4. The maximum Gasteiger partial charge on any atom is 0.264 e. The highest BCUT2D eigenvalue weighted by molar-refractivity contribution is 7.92. The van der Waals surface area contributed by atoms with Gasteiger partial charge in [0.1, 0.15) is 5.75 Å². The number of para-hydroxylation sites is 2. The summed E-state index contributed by atoms with van der Waals surface area (Å²) in [6, 6.07) is 19.7. The van der Waals surface area contributed by atoms with Gasteiger partial charge >= 0.3 is 0 Å². The maximum atomic E-state index is 13.0. The summed E-state index contributed by atoms with van der Waals surface area (Å²) in [7, 11) is -0.889. The van der Waals surface area contributed by atoms with Gasteiger partial charge in [0.15, 0.2) is 0 Å². The Morgan fingerprint density at radius 3 is 2.35 bits per heavy atom. The fourth-order valence-electron chi connectivity index (χ4n) is 3.10. The molecule has 0 aliphatic heterocycles. The molecular weight excluding hydrogens is 436 g/mol. The van der Waals surface area contributed by atoms with Crippen LogP contribution in [0, 0.1) is 0 Å². The highest BCUT2D eigenvalue weighted by atomic mass is 35.5. The van der Waals surface area contributed by atoms with Gasteiger partial charge in [-0.15, -0.1) is 0 Å². The number of rotatable bonds is 7. The molecule has 0 saturated carbocycles. The second-order valence-corrected chi connectivity index (χ2v) is 9.32. The number of amides is 1. The molecule has 8 heteroatoms. The minimum atomic E-state index is -3.83. The number of halogens is 1. The summed E-state index contributed by atoms with van der Waals surface area (Å²) in [6.45, 7) is 1.85. The van der Waals surface area contributed by atoms with E-state index in [1.165, 1.54) is 38.4 Å². The lowest BCUT2D eigenvalue weighted by Crippen LogP contribution is -2.28. The summed E-state index contributed by atoms with van der Waals surface area (Å²) < 4.78 is 32.5. The maximum absolute atomic E-state index is 13.0. The van der Waals surface area contributed by atoms with Crippen molar-refractivity contribution in [3.8, 4) is 5.75 Å². The minimum absolute atomic E-state index is 0.0698. The van der Waals surface area contributed by atoms with Gasteiger partial charge in [0.05, 0.1) is 23.7 Å². The first-order chi connectivity index (χ1) is 14.7. The lowest BCUT2D eigenvalue weighted by atomic mass is 10.1. The smallest absolute Gasteiger partial charge is 0.264 e. The van der Waals surface area contributed by atoms with Crippen LogP contribution in [0.1, 0.15) is 28.9 Å². The van der Waals surface area contributed by atoms with Gasteiger partial charge in [-0.2, -0.15) is 0 Å². The molecule has 0 aliphatic rings. The quantitative estimate of drug-likeness (QED) is 0.558. The van der Waals surface area contributed by atoms with Gasteiger partial charge in [0, 0.05) is 17.6 Å². The average Bonchev–Trinajstić information content (AvgIpc) is 2.78. The van der Waals surface area contributed by atoms with Crippen molar-refractivity contribution in [1.82, 2.24) is 5.32 Å². The number of carbonyl (C=O) groups is 1. The van der Waals surface area contributed by atoms with Crippen molar-refractivity contribution in [1.29, 1.82) is 0 Å². The molecule has 0 aliphatic carbocycles. The van der Waals surface area contributed by atoms with Gasteiger partial charge in [0.25, 0.3) is 15.9 Å². The van der Waals surface area contributed by atoms with Crippen LogP contribution in [-0.4, -0.2) is 28.5 Å². The SMILES string of the molecule is COc1ccccc1N(C)S(=O)(=O)c1ccc(C(=O)NC(C)c2cccc(Cl)c2)cc1. The summed E-state index contributed by atoms with van der Waals surface area (Å²) in [5.74, 6) is 0.133. The first-order valence-corrected chi connectivity index (χ1v) is 11.3. The van der Waals surface area contributed by atoms with Crippen LogP contribution in [0.3, 0.4) is 0 Å². The fraction of sp³-hybridized carbons (Fsp3) is 0.174. The topological polar surface area (TPSA) is 75.7 Å². The van der Waals surface area contributed by atoms with Crippen LogP contribution in [0.4, 0.5) is 5.69 Å². The van der Waals surface area contributed by atoms with E-state index in [2.05, 4.69) is 5.32 Å². The average molecular weight is 459 g/mol. The summed E-state index contributed by atoms with van der Waals surface area (Å²) in [6.07, 6.45) is 0. The number of hydrogen-bond donors (Lipinski definition) is 1. The van der Waals surface area contributed by atoms with E-state index in [-0.39, 0.29) is 16.8 Å². The van der Waals surface area contributed by atoms with E-state index in [0.29, 0.717) is 22.0 Å². The third-order valence-corrected chi connectivity index (χ3v) is 6.92. The normalized spacial score (nSPS) is 12.1. The van der Waals surface area contributed by atoms with Gasteiger partial charge in [0.2, 0.25) is 0 Å². The first kappa shape index (κ1) is 22.7. The third kappa shape index (κ3) is 5.00. The number of carbonyl (C=O) groups excluding carboxylic acids is 1. The Morgan fingerprint density at radius 2 is 1.71 bits per heavy atom. The van der Waals surface area contributed by atoms with Crippen molar-refractivity contribution in [2.24, 2.45) is 0 Å². The fourth-order valence-corrected chi connectivity index (χ4v) is 4.50. The van der Waals surface area contributed by atoms with Crippen molar-refractivity contribution in [3.63, 3.8) is 0 Å². The monoisotopic (exact) mass is 458 g/mol. The number of ether oxygens (including phenoxy) is 1. The van der Waals surface area contributed by atoms with Crippen molar-refractivity contribution in [2.75, 3.05) is 18.5 Å². The Labute approximate surface area is 187 Å². The Balaban J connectivity index is 1.78. The van der Waals surface area contributed by atoms with Crippen LogP contribution < -0.4 is 14.4 Å². The van der Waals surface area contributed by atoms with Crippen molar-refractivity contribution in [3.05, 3.63) is 88.9 Å².